The van der Waals surface area contributed by atoms with Crippen LogP contribution in [0.15, 0.2) is 53.4 Å². The van der Waals surface area contributed by atoms with Gasteiger partial charge >= 0.3 is 6.18 Å². The normalized spacial score (nSPS) is 15.7. The van der Waals surface area contributed by atoms with E-state index in [0.717, 1.165) is 17.8 Å². The molecule has 0 aromatic heterocycles. The van der Waals surface area contributed by atoms with Gasteiger partial charge in [-0.25, -0.2) is 12.8 Å². The second kappa shape index (κ2) is 10.6. The molecule has 1 N–H and O–H groups in total. The number of nitrogens with one attached hydrogen (secondary N) is 1. The summed E-state index contributed by atoms with van der Waals surface area (Å²) in [7, 11) is -1.98. The number of anilines is 2. The number of hydrogen-bond donors (Lipinski definition) is 1. The Labute approximate surface area is 233 Å². The Morgan fingerprint density at radius 2 is 1.90 bits per heavy atom. The molecule has 0 fully saturated rings. The molecule has 3 aromatic carbocycles. The second-order valence-corrected chi connectivity index (χ2v) is 11.9. The molecular formula is C27H24ClF4N3O4S. The van der Waals surface area contributed by atoms with Gasteiger partial charge in [0.2, 0.25) is 15.9 Å². The number of sulfonamides is 1. The van der Waals surface area contributed by atoms with Gasteiger partial charge in [0.15, 0.2) is 0 Å². The van der Waals surface area contributed by atoms with Gasteiger partial charge in [0.1, 0.15) is 18.2 Å². The molecule has 40 heavy (non-hydrogen) atoms. The number of alkyl halides is 3. The molecule has 0 bridgehead atoms. The summed E-state index contributed by atoms with van der Waals surface area (Å²) >= 11 is 6.34. The first-order valence-corrected chi connectivity index (χ1v) is 14.1. The van der Waals surface area contributed by atoms with Crippen molar-refractivity contribution in [2.24, 2.45) is 0 Å². The molecule has 212 valence electrons. The van der Waals surface area contributed by atoms with Gasteiger partial charge in [0.05, 0.1) is 39.8 Å². The molecule has 3 aromatic rings. The van der Waals surface area contributed by atoms with Gasteiger partial charge in [0, 0.05) is 26.2 Å². The van der Waals surface area contributed by atoms with E-state index >= 15 is 0 Å². The molecular weight excluding hydrogens is 574 g/mol. The molecule has 0 unspecified atom stereocenters. The van der Waals surface area contributed by atoms with Crippen molar-refractivity contribution in [2.75, 3.05) is 37.0 Å². The lowest BCUT2D eigenvalue weighted by atomic mass is 9.98. The minimum atomic E-state index is -4.90. The van der Waals surface area contributed by atoms with Crippen LogP contribution in [0.3, 0.4) is 0 Å². The summed E-state index contributed by atoms with van der Waals surface area (Å²) in [6, 6.07) is 10.7. The summed E-state index contributed by atoms with van der Waals surface area (Å²) in [5.74, 6) is -1.78. The van der Waals surface area contributed by atoms with Crippen molar-refractivity contribution in [1.82, 2.24) is 4.31 Å². The zero-order valence-corrected chi connectivity index (χ0v) is 22.8. The Kier molecular flexibility index (Phi) is 7.45. The fraction of sp³-hybridized carbons (Fsp3) is 0.296. The number of carbonyl (C=O) groups excluding carboxylic acids is 1. The van der Waals surface area contributed by atoms with Crippen molar-refractivity contribution in [2.45, 2.75) is 30.5 Å². The number of benzene rings is 3. The van der Waals surface area contributed by atoms with E-state index in [-0.39, 0.29) is 35.1 Å². The SMILES string of the molecule is CN1CCOc2cc(S(=O)(=O)N3CCc4c(ccc(Cl)c4NC(=O)Cc4cccc(C(F)(F)F)c4F)C3)ccc21. The number of amides is 1. The van der Waals surface area contributed by atoms with Gasteiger partial charge in [-0.3, -0.25) is 4.79 Å². The zero-order valence-electron chi connectivity index (χ0n) is 21.2. The monoisotopic (exact) mass is 597 g/mol. The lowest BCUT2D eigenvalue weighted by Gasteiger charge is -2.31. The van der Waals surface area contributed by atoms with Crippen molar-refractivity contribution in [3.8, 4) is 5.75 Å². The fourth-order valence-electron chi connectivity index (χ4n) is 4.88. The smallest absolute Gasteiger partial charge is 0.419 e. The number of nitrogens with zero attached hydrogens (tertiary/aromatic N) is 2. The van der Waals surface area contributed by atoms with Crippen LogP contribution in [0.2, 0.25) is 5.02 Å². The zero-order chi connectivity index (χ0) is 28.8. The van der Waals surface area contributed by atoms with Gasteiger partial charge < -0.3 is 15.0 Å². The van der Waals surface area contributed by atoms with Gasteiger partial charge in [-0.15, -0.1) is 0 Å². The predicted octanol–water partition coefficient (Wildman–Crippen LogP) is 5.25. The summed E-state index contributed by atoms with van der Waals surface area (Å²) in [6.45, 7) is 1.24. The van der Waals surface area contributed by atoms with Gasteiger partial charge in [-0.2, -0.15) is 17.5 Å². The minimum absolute atomic E-state index is 0.0117. The van der Waals surface area contributed by atoms with E-state index in [2.05, 4.69) is 5.32 Å². The van der Waals surface area contributed by atoms with Crippen molar-refractivity contribution in [1.29, 1.82) is 0 Å². The fourth-order valence-corrected chi connectivity index (χ4v) is 6.54. The van der Waals surface area contributed by atoms with Crippen molar-refractivity contribution in [3.63, 3.8) is 0 Å². The first kappa shape index (κ1) is 28.2. The Hall–Kier alpha value is -3.35. The number of fused-ring (bicyclic) bond motifs is 2. The Bertz CT molecular complexity index is 1600. The van der Waals surface area contributed by atoms with Gasteiger partial charge in [0.25, 0.3) is 0 Å². The summed E-state index contributed by atoms with van der Waals surface area (Å²) < 4.78 is 87.5. The van der Waals surface area contributed by atoms with E-state index in [1.807, 2.05) is 11.9 Å². The molecule has 0 saturated heterocycles. The Balaban J connectivity index is 1.36. The van der Waals surface area contributed by atoms with E-state index in [4.69, 9.17) is 16.3 Å². The van der Waals surface area contributed by atoms with Gasteiger partial charge in [-0.1, -0.05) is 29.8 Å². The molecule has 0 spiro atoms. The number of ether oxygens (including phenoxy) is 1. The summed E-state index contributed by atoms with van der Waals surface area (Å²) in [5.41, 5.74) is 0.367. The third kappa shape index (κ3) is 5.35. The summed E-state index contributed by atoms with van der Waals surface area (Å²) in [5, 5.41) is 2.76. The highest BCUT2D eigenvalue weighted by molar-refractivity contribution is 7.89. The van der Waals surface area contributed by atoms with Crippen LogP contribution in [0.1, 0.15) is 22.3 Å². The van der Waals surface area contributed by atoms with Crippen LogP contribution in [0.25, 0.3) is 0 Å². The highest BCUT2D eigenvalue weighted by atomic mass is 35.5. The number of rotatable bonds is 5. The first-order chi connectivity index (χ1) is 18.9. The Morgan fingerprint density at radius 3 is 2.65 bits per heavy atom. The van der Waals surface area contributed by atoms with Crippen molar-refractivity contribution < 1.29 is 35.5 Å². The van der Waals surface area contributed by atoms with Crippen LogP contribution in [-0.2, 0) is 40.4 Å². The number of likely N-dealkylation sites (N-methyl/N-ethyl adjacent to an activating group) is 1. The summed E-state index contributed by atoms with van der Waals surface area (Å²) in [4.78, 5) is 14.8. The molecule has 7 nitrogen and oxygen atoms in total. The molecule has 2 heterocycles. The maximum absolute atomic E-state index is 14.4. The van der Waals surface area contributed by atoms with Gasteiger partial charge in [-0.05, 0) is 47.4 Å². The average molecular weight is 598 g/mol. The second-order valence-electron chi connectivity index (χ2n) is 9.55. The van der Waals surface area contributed by atoms with Crippen LogP contribution in [0.5, 0.6) is 5.75 Å². The van der Waals surface area contributed by atoms with E-state index < -0.39 is 45.5 Å². The quantitative estimate of drug-likeness (QED) is 0.406. The van der Waals surface area contributed by atoms with Crippen LogP contribution in [-0.4, -0.2) is 45.4 Å². The maximum atomic E-state index is 14.4. The van der Waals surface area contributed by atoms with Crippen molar-refractivity contribution in [3.05, 3.63) is 81.6 Å². The lowest BCUT2D eigenvalue weighted by Crippen LogP contribution is -2.36. The van der Waals surface area contributed by atoms with Crippen molar-refractivity contribution >= 4 is 38.9 Å². The third-order valence-electron chi connectivity index (χ3n) is 6.98. The molecule has 5 rings (SSSR count). The van der Waals surface area contributed by atoms with Crippen LogP contribution in [0.4, 0.5) is 28.9 Å². The Morgan fingerprint density at radius 1 is 1.12 bits per heavy atom. The molecule has 0 atom stereocenters. The number of halogens is 5. The van der Waals surface area contributed by atoms with Crippen LogP contribution in [0, 0.1) is 5.82 Å². The van der Waals surface area contributed by atoms with E-state index in [9.17, 15) is 30.8 Å². The minimum Gasteiger partial charge on any atom is -0.490 e. The van der Waals surface area contributed by atoms with Crippen LogP contribution >= 0.6 is 11.6 Å². The predicted molar refractivity (Wildman–Crippen MR) is 142 cm³/mol. The van der Waals surface area contributed by atoms with E-state index in [1.54, 1.807) is 12.1 Å². The van der Waals surface area contributed by atoms with E-state index in [0.29, 0.717) is 36.1 Å². The molecule has 0 saturated carbocycles. The average Bonchev–Trinajstić information content (AvgIpc) is 2.90. The molecule has 2 aliphatic heterocycles. The maximum Gasteiger partial charge on any atom is 0.419 e. The first-order valence-electron chi connectivity index (χ1n) is 12.3. The molecule has 0 aliphatic carbocycles. The molecule has 0 radical (unpaired) electrons. The topological polar surface area (TPSA) is 79.0 Å². The number of carbonyl (C=O) groups is 1. The van der Waals surface area contributed by atoms with E-state index in [1.165, 1.54) is 22.5 Å². The standard InChI is InChI=1S/C27H24ClF4N3O4S/c1-34-11-12-39-23-14-18(6-8-22(23)34)40(37,38)35-10-9-19-17(15-35)5-7-21(28)26(19)33-24(36)13-16-3-2-4-20(25(16)29)27(30,31)32/h2-8,14H,9-13,15H2,1H3,(H,33,36). The molecule has 2 aliphatic rings. The summed E-state index contributed by atoms with van der Waals surface area (Å²) in [6.07, 6.45) is -5.33. The highest BCUT2D eigenvalue weighted by Crippen LogP contribution is 2.37. The number of hydrogen-bond acceptors (Lipinski definition) is 5. The third-order valence-corrected chi connectivity index (χ3v) is 9.14. The molecule has 13 heteroatoms. The van der Waals surface area contributed by atoms with Crippen LogP contribution < -0.4 is 15.0 Å². The largest absolute Gasteiger partial charge is 0.490 e. The lowest BCUT2D eigenvalue weighted by molar-refractivity contribution is -0.140. The highest BCUT2D eigenvalue weighted by Gasteiger charge is 2.35. The molecule has 1 amide bonds.